The Morgan fingerprint density at radius 1 is 1.29 bits per heavy atom. The summed E-state index contributed by atoms with van der Waals surface area (Å²) < 4.78 is 11.9. The first-order valence-corrected chi connectivity index (χ1v) is 13.5. The Morgan fingerprint density at radius 2 is 2.03 bits per heavy atom. The summed E-state index contributed by atoms with van der Waals surface area (Å²) >= 11 is 0. The number of rotatable bonds is 6. The van der Waals surface area contributed by atoms with Gasteiger partial charge in [0.25, 0.3) is 0 Å². The SMILES string of the molecule is CC1(C)CC=C(c2cc(C(C)(C)N3CCS(=O)CC3)ccc2CC(=O)c2ncc(C#N)[nH]2)CC1. The van der Waals surface area contributed by atoms with Gasteiger partial charge in [-0.15, -0.1) is 0 Å². The maximum Gasteiger partial charge on any atom is 0.202 e. The molecule has 7 heteroatoms. The highest BCUT2D eigenvalue weighted by atomic mass is 32.2. The molecule has 1 aromatic carbocycles. The van der Waals surface area contributed by atoms with Crippen LogP contribution in [-0.2, 0) is 22.8 Å². The first-order valence-electron chi connectivity index (χ1n) is 12.0. The standard InChI is InChI=1S/C27H34N4O2S/c1-26(2)9-7-19(8-10-26)23-16-21(27(3,4)31-11-13-34(33)14-12-31)6-5-20(23)15-24(32)25-29-18-22(17-28)30-25/h5-7,16,18H,8-15H2,1-4H3,(H,29,30). The van der Waals surface area contributed by atoms with Crippen LogP contribution in [0.25, 0.3) is 5.57 Å². The minimum Gasteiger partial charge on any atom is -0.327 e. The Kier molecular flexibility index (Phi) is 6.93. The largest absolute Gasteiger partial charge is 0.327 e. The quantitative estimate of drug-likeness (QED) is 0.613. The predicted octanol–water partition coefficient (Wildman–Crippen LogP) is 4.60. The molecular weight excluding hydrogens is 444 g/mol. The van der Waals surface area contributed by atoms with E-state index in [2.05, 4.69) is 66.8 Å². The van der Waals surface area contributed by atoms with Crippen LogP contribution in [0, 0.1) is 16.7 Å². The number of aromatic amines is 1. The van der Waals surface area contributed by atoms with Crippen molar-refractivity contribution < 1.29 is 9.00 Å². The predicted molar refractivity (Wildman–Crippen MR) is 136 cm³/mol. The number of benzene rings is 1. The number of aromatic nitrogens is 2. The lowest BCUT2D eigenvalue weighted by Gasteiger charge is -2.41. The Morgan fingerprint density at radius 3 is 2.65 bits per heavy atom. The van der Waals surface area contributed by atoms with Gasteiger partial charge in [0.1, 0.15) is 11.8 Å². The van der Waals surface area contributed by atoms with Crippen molar-refractivity contribution in [2.75, 3.05) is 24.6 Å². The third kappa shape index (κ3) is 5.24. The fourth-order valence-corrected chi connectivity index (χ4v) is 5.94. The zero-order chi connectivity index (χ0) is 24.5. The molecule has 2 aliphatic rings. The van der Waals surface area contributed by atoms with Gasteiger partial charge in [-0.05, 0) is 66.9 Å². The zero-order valence-corrected chi connectivity index (χ0v) is 21.4. The lowest BCUT2D eigenvalue weighted by Crippen LogP contribution is -2.48. The topological polar surface area (TPSA) is 89.8 Å². The van der Waals surface area contributed by atoms with Crippen molar-refractivity contribution in [1.29, 1.82) is 5.26 Å². The van der Waals surface area contributed by atoms with Crippen LogP contribution in [0.3, 0.4) is 0 Å². The molecule has 34 heavy (non-hydrogen) atoms. The van der Waals surface area contributed by atoms with E-state index in [1.165, 1.54) is 17.3 Å². The number of nitrogens with zero attached hydrogens (tertiary/aromatic N) is 3. The third-order valence-electron chi connectivity index (χ3n) is 7.41. The van der Waals surface area contributed by atoms with Gasteiger partial charge >= 0.3 is 0 Å². The van der Waals surface area contributed by atoms with E-state index in [9.17, 15) is 9.00 Å². The first-order chi connectivity index (χ1) is 16.1. The average Bonchev–Trinajstić information content (AvgIpc) is 3.29. The van der Waals surface area contributed by atoms with Gasteiger partial charge in [-0.3, -0.25) is 13.9 Å². The van der Waals surface area contributed by atoms with E-state index < -0.39 is 10.8 Å². The molecule has 0 radical (unpaired) electrons. The summed E-state index contributed by atoms with van der Waals surface area (Å²) in [4.78, 5) is 22.3. The highest BCUT2D eigenvalue weighted by Gasteiger charge is 2.32. The van der Waals surface area contributed by atoms with Gasteiger partial charge in [-0.1, -0.05) is 32.1 Å². The lowest BCUT2D eigenvalue weighted by molar-refractivity contribution is 0.0984. The van der Waals surface area contributed by atoms with Crippen molar-refractivity contribution in [3.8, 4) is 6.07 Å². The number of imidazole rings is 1. The van der Waals surface area contributed by atoms with Crippen LogP contribution in [0.15, 0.2) is 30.5 Å². The van der Waals surface area contributed by atoms with Gasteiger partial charge in [0.05, 0.1) is 6.20 Å². The van der Waals surface area contributed by atoms with Gasteiger partial charge in [-0.2, -0.15) is 5.26 Å². The number of allylic oxidation sites excluding steroid dienone is 2. The summed E-state index contributed by atoms with van der Waals surface area (Å²) in [7, 11) is -0.713. The van der Waals surface area contributed by atoms with E-state index >= 15 is 0 Å². The normalized spacial score (nSPS) is 19.4. The van der Waals surface area contributed by atoms with Crippen molar-refractivity contribution >= 4 is 22.2 Å². The van der Waals surface area contributed by atoms with Gasteiger partial charge in [0.2, 0.25) is 5.78 Å². The van der Waals surface area contributed by atoms with Crippen molar-refractivity contribution in [2.24, 2.45) is 5.41 Å². The van der Waals surface area contributed by atoms with Crippen LogP contribution in [-0.4, -0.2) is 49.5 Å². The number of hydrogen-bond acceptors (Lipinski definition) is 5. The number of nitriles is 1. The minimum atomic E-state index is -0.713. The van der Waals surface area contributed by atoms with Crippen molar-refractivity contribution in [3.05, 3.63) is 58.7 Å². The molecule has 4 rings (SSSR count). The third-order valence-corrected chi connectivity index (χ3v) is 8.69. The van der Waals surface area contributed by atoms with Crippen LogP contribution in [0.4, 0.5) is 0 Å². The number of carbonyl (C=O) groups excluding carboxylic acids is 1. The van der Waals surface area contributed by atoms with Crippen LogP contribution in [0.2, 0.25) is 0 Å². The summed E-state index contributed by atoms with van der Waals surface area (Å²) in [6.45, 7) is 10.7. The van der Waals surface area contributed by atoms with Crippen molar-refractivity contribution in [3.63, 3.8) is 0 Å². The fraction of sp³-hybridized carbons (Fsp3) is 0.519. The summed E-state index contributed by atoms with van der Waals surface area (Å²) in [5.74, 6) is 1.55. The molecule has 0 atom stereocenters. The summed E-state index contributed by atoms with van der Waals surface area (Å²) in [6.07, 6.45) is 7.09. The van der Waals surface area contributed by atoms with E-state index in [1.54, 1.807) is 0 Å². The second kappa shape index (κ2) is 9.59. The molecule has 0 amide bonds. The average molecular weight is 479 g/mol. The smallest absolute Gasteiger partial charge is 0.202 e. The van der Waals surface area contributed by atoms with E-state index in [4.69, 9.17) is 5.26 Å². The maximum absolute atomic E-state index is 13.0. The Hall–Kier alpha value is -2.56. The Balaban J connectivity index is 1.68. The molecule has 180 valence electrons. The van der Waals surface area contributed by atoms with Gasteiger partial charge in [0.15, 0.2) is 5.82 Å². The molecule has 1 aromatic heterocycles. The van der Waals surface area contributed by atoms with E-state index in [1.807, 2.05) is 6.07 Å². The van der Waals surface area contributed by atoms with E-state index in [-0.39, 0.29) is 23.6 Å². The van der Waals surface area contributed by atoms with E-state index in [0.29, 0.717) is 11.1 Å². The maximum atomic E-state index is 13.0. The molecule has 2 heterocycles. The number of hydrogen-bond donors (Lipinski definition) is 1. The number of H-pyrrole nitrogens is 1. The molecule has 6 nitrogen and oxygen atoms in total. The number of Topliss-reactive ketones (excluding diaryl/α,β-unsaturated/α-hetero) is 1. The summed E-state index contributed by atoms with van der Waals surface area (Å²) in [5.41, 5.74) is 5.03. The fourth-order valence-electron chi connectivity index (χ4n) is 4.89. The number of nitrogens with one attached hydrogen (secondary N) is 1. The Bertz CT molecular complexity index is 1180. The first kappa shape index (κ1) is 24.6. The lowest BCUT2D eigenvalue weighted by atomic mass is 9.75. The van der Waals surface area contributed by atoms with Crippen LogP contribution >= 0.6 is 0 Å². The van der Waals surface area contributed by atoms with Gasteiger partial charge < -0.3 is 4.98 Å². The molecule has 1 fully saturated rings. The second-order valence-corrected chi connectivity index (χ2v) is 12.4. The Labute approximate surface area is 204 Å². The van der Waals surface area contributed by atoms with Crippen LogP contribution < -0.4 is 0 Å². The van der Waals surface area contributed by atoms with Gasteiger partial charge in [-0.25, -0.2) is 4.98 Å². The molecule has 0 unspecified atom stereocenters. The summed E-state index contributed by atoms with van der Waals surface area (Å²) in [5, 5.41) is 9.05. The highest BCUT2D eigenvalue weighted by molar-refractivity contribution is 7.85. The van der Waals surface area contributed by atoms with Crippen LogP contribution in [0.5, 0.6) is 0 Å². The molecule has 2 aromatic rings. The molecule has 1 aliphatic heterocycles. The molecule has 1 aliphatic carbocycles. The molecule has 0 saturated carbocycles. The number of ketones is 1. The minimum absolute atomic E-state index is 0.120. The zero-order valence-electron chi connectivity index (χ0n) is 20.6. The second-order valence-electron chi connectivity index (χ2n) is 10.7. The molecule has 0 spiro atoms. The van der Waals surface area contributed by atoms with Crippen molar-refractivity contribution in [2.45, 2.75) is 58.9 Å². The van der Waals surface area contributed by atoms with E-state index in [0.717, 1.165) is 55.0 Å². The molecule has 1 saturated heterocycles. The number of carbonyl (C=O) groups is 1. The van der Waals surface area contributed by atoms with Gasteiger partial charge in [0, 0.05) is 47.4 Å². The van der Waals surface area contributed by atoms with Crippen molar-refractivity contribution in [1.82, 2.24) is 14.9 Å². The molecule has 1 N–H and O–H groups in total. The molecular formula is C27H34N4O2S. The highest BCUT2D eigenvalue weighted by Crippen LogP contribution is 2.40. The summed E-state index contributed by atoms with van der Waals surface area (Å²) in [6, 6.07) is 8.47. The molecule has 0 bridgehead atoms. The van der Waals surface area contributed by atoms with Crippen LogP contribution in [0.1, 0.15) is 80.0 Å². The monoisotopic (exact) mass is 478 g/mol.